The summed E-state index contributed by atoms with van der Waals surface area (Å²) in [6.45, 7) is 4.67. The van der Waals surface area contributed by atoms with Crippen molar-refractivity contribution >= 4 is 11.9 Å². The van der Waals surface area contributed by atoms with Crippen LogP contribution in [0, 0.1) is 0 Å². The number of hydrogen-bond donors (Lipinski definition) is 1. The Morgan fingerprint density at radius 3 is 2.70 bits per heavy atom. The summed E-state index contributed by atoms with van der Waals surface area (Å²) in [7, 11) is 1.60. The third-order valence-electron chi connectivity index (χ3n) is 5.45. The van der Waals surface area contributed by atoms with E-state index >= 15 is 0 Å². The molecule has 0 aliphatic carbocycles. The number of rotatable bonds is 9. The first-order valence-corrected chi connectivity index (χ1v) is 11.0. The number of ether oxygens (including phenoxy) is 3. The minimum Gasteiger partial charge on any atom is -0.493 e. The number of carbonyl (C=O) groups excluding carboxylic acids is 1. The van der Waals surface area contributed by atoms with Gasteiger partial charge in [-0.2, -0.15) is 10.1 Å². The molecule has 33 heavy (non-hydrogen) atoms. The lowest BCUT2D eigenvalue weighted by atomic mass is 9.95. The number of methoxy groups -OCH3 is 1. The molecule has 0 saturated carbocycles. The summed E-state index contributed by atoms with van der Waals surface area (Å²) < 4.78 is 18.8. The van der Waals surface area contributed by atoms with E-state index in [9.17, 15) is 4.79 Å². The second-order valence-electron chi connectivity index (χ2n) is 7.72. The van der Waals surface area contributed by atoms with Gasteiger partial charge in [-0.05, 0) is 36.6 Å². The zero-order valence-corrected chi connectivity index (χ0v) is 19.1. The Morgan fingerprint density at radius 1 is 1.12 bits per heavy atom. The maximum Gasteiger partial charge on any atom is 0.338 e. The number of anilines is 1. The van der Waals surface area contributed by atoms with Gasteiger partial charge in [0.1, 0.15) is 12.4 Å². The van der Waals surface area contributed by atoms with Crippen molar-refractivity contribution in [3.8, 4) is 11.5 Å². The van der Waals surface area contributed by atoms with E-state index in [-0.39, 0.29) is 5.97 Å². The second-order valence-corrected chi connectivity index (χ2v) is 7.72. The first kappa shape index (κ1) is 22.4. The van der Waals surface area contributed by atoms with Crippen molar-refractivity contribution in [1.82, 2.24) is 14.8 Å². The van der Waals surface area contributed by atoms with Crippen LogP contribution in [0.3, 0.4) is 0 Å². The van der Waals surface area contributed by atoms with Crippen molar-refractivity contribution in [3.05, 3.63) is 77.3 Å². The predicted octanol–water partition coefficient (Wildman–Crippen LogP) is 4.15. The van der Waals surface area contributed by atoms with Crippen LogP contribution in [0.4, 0.5) is 5.95 Å². The molecule has 0 amide bonds. The van der Waals surface area contributed by atoms with Crippen LogP contribution in [-0.2, 0) is 16.0 Å². The molecule has 2 aromatic carbocycles. The molecule has 8 heteroatoms. The summed E-state index contributed by atoms with van der Waals surface area (Å²) in [6.07, 6.45) is 2.99. The highest BCUT2D eigenvalue weighted by atomic mass is 16.5. The van der Waals surface area contributed by atoms with Crippen molar-refractivity contribution in [1.29, 1.82) is 0 Å². The molecular weight excluding hydrogens is 420 g/mol. The third kappa shape index (κ3) is 4.84. The summed E-state index contributed by atoms with van der Waals surface area (Å²) in [5.74, 6) is 1.40. The van der Waals surface area contributed by atoms with Crippen LogP contribution in [-0.4, -0.2) is 41.1 Å². The fraction of sp³-hybridized carbons (Fsp3) is 0.320. The van der Waals surface area contributed by atoms with E-state index in [1.54, 1.807) is 11.8 Å². The Morgan fingerprint density at radius 2 is 1.94 bits per heavy atom. The largest absolute Gasteiger partial charge is 0.493 e. The van der Waals surface area contributed by atoms with Crippen LogP contribution in [0.1, 0.15) is 37.4 Å². The smallest absolute Gasteiger partial charge is 0.338 e. The fourth-order valence-electron chi connectivity index (χ4n) is 3.83. The van der Waals surface area contributed by atoms with Gasteiger partial charge in [-0.25, -0.2) is 9.48 Å². The number of fused-ring (bicyclic) bond motifs is 1. The van der Waals surface area contributed by atoms with Crippen LogP contribution in [0.15, 0.2) is 66.1 Å². The average molecular weight is 449 g/mol. The van der Waals surface area contributed by atoms with Gasteiger partial charge in [-0.3, -0.25) is 0 Å². The van der Waals surface area contributed by atoms with E-state index < -0.39 is 6.04 Å². The van der Waals surface area contributed by atoms with E-state index in [4.69, 9.17) is 14.2 Å². The van der Waals surface area contributed by atoms with Gasteiger partial charge in [-0.15, -0.1) is 0 Å². The Kier molecular flexibility index (Phi) is 6.92. The quantitative estimate of drug-likeness (QED) is 0.492. The van der Waals surface area contributed by atoms with Gasteiger partial charge in [0.15, 0.2) is 11.5 Å². The summed E-state index contributed by atoms with van der Waals surface area (Å²) >= 11 is 0. The molecule has 2 heterocycles. The van der Waals surface area contributed by atoms with E-state index in [1.807, 2.05) is 50.2 Å². The summed E-state index contributed by atoms with van der Waals surface area (Å²) in [6, 6.07) is 15.3. The summed E-state index contributed by atoms with van der Waals surface area (Å²) in [4.78, 5) is 17.2. The maximum absolute atomic E-state index is 12.9. The Bertz CT molecular complexity index is 1140. The van der Waals surface area contributed by atoms with Crippen molar-refractivity contribution in [2.45, 2.75) is 32.7 Å². The SMILES string of the molecule is CCCOC(=O)C1=C(C)Nc2ncnn2C1c1ccc(OCCc2ccccc2)c(OC)c1. The molecule has 1 atom stereocenters. The molecule has 8 nitrogen and oxygen atoms in total. The topological polar surface area (TPSA) is 87.5 Å². The van der Waals surface area contributed by atoms with Crippen molar-refractivity contribution in [2.24, 2.45) is 0 Å². The number of carbonyl (C=O) groups is 1. The van der Waals surface area contributed by atoms with E-state index in [2.05, 4.69) is 27.5 Å². The Balaban J connectivity index is 1.61. The first-order chi connectivity index (χ1) is 16.1. The van der Waals surface area contributed by atoms with Gasteiger partial charge in [0.25, 0.3) is 0 Å². The molecule has 0 bridgehead atoms. The number of benzene rings is 2. The Labute approximate surface area is 193 Å². The standard InChI is InChI=1S/C25H28N4O4/c1-4-13-33-24(30)22-17(2)28-25-26-16-27-29(25)23(22)19-10-11-20(21(15-19)31-3)32-14-12-18-8-6-5-7-9-18/h5-11,15-16,23H,4,12-14H2,1-3H3,(H,26,27,28). The van der Waals surface area contributed by atoms with E-state index in [0.29, 0.717) is 41.9 Å². The molecule has 1 aromatic heterocycles. The number of nitrogens with one attached hydrogen (secondary N) is 1. The van der Waals surface area contributed by atoms with Gasteiger partial charge >= 0.3 is 5.97 Å². The predicted molar refractivity (Wildman–Crippen MR) is 124 cm³/mol. The van der Waals surface area contributed by atoms with Crippen LogP contribution in [0.25, 0.3) is 0 Å². The normalized spacial score (nSPS) is 14.9. The highest BCUT2D eigenvalue weighted by Crippen LogP contribution is 2.38. The van der Waals surface area contributed by atoms with Crippen molar-refractivity contribution in [3.63, 3.8) is 0 Å². The molecule has 0 fully saturated rings. The van der Waals surface area contributed by atoms with E-state index in [0.717, 1.165) is 18.4 Å². The van der Waals surface area contributed by atoms with Gasteiger partial charge in [0.05, 0.1) is 25.9 Å². The first-order valence-electron chi connectivity index (χ1n) is 11.0. The zero-order chi connectivity index (χ0) is 23.2. The van der Waals surface area contributed by atoms with Crippen molar-refractivity contribution < 1.29 is 19.0 Å². The molecule has 0 radical (unpaired) electrons. The molecule has 1 unspecified atom stereocenters. The number of nitrogens with zero attached hydrogens (tertiary/aromatic N) is 3. The Hall–Kier alpha value is -3.81. The van der Waals surface area contributed by atoms with Crippen LogP contribution in [0.2, 0.25) is 0 Å². The van der Waals surface area contributed by atoms with E-state index in [1.165, 1.54) is 11.9 Å². The molecular formula is C25H28N4O4. The summed E-state index contributed by atoms with van der Waals surface area (Å²) in [5.41, 5.74) is 3.20. The molecule has 0 saturated heterocycles. The minimum absolute atomic E-state index is 0.351. The number of allylic oxidation sites excluding steroid dienone is 1. The molecule has 4 rings (SSSR count). The minimum atomic E-state index is -0.500. The van der Waals surface area contributed by atoms with Gasteiger partial charge in [0, 0.05) is 12.1 Å². The van der Waals surface area contributed by atoms with Crippen LogP contribution in [0.5, 0.6) is 11.5 Å². The number of hydrogen-bond acceptors (Lipinski definition) is 7. The average Bonchev–Trinajstić information content (AvgIpc) is 3.30. The maximum atomic E-state index is 12.9. The number of esters is 1. The lowest BCUT2D eigenvalue weighted by Crippen LogP contribution is -2.29. The third-order valence-corrected chi connectivity index (χ3v) is 5.45. The lowest BCUT2D eigenvalue weighted by Gasteiger charge is -2.28. The monoisotopic (exact) mass is 448 g/mol. The summed E-state index contributed by atoms with van der Waals surface area (Å²) in [5, 5.41) is 7.49. The highest BCUT2D eigenvalue weighted by Gasteiger charge is 2.34. The number of aromatic nitrogens is 3. The second kappa shape index (κ2) is 10.2. The van der Waals surface area contributed by atoms with Crippen molar-refractivity contribution in [2.75, 3.05) is 25.6 Å². The zero-order valence-electron chi connectivity index (χ0n) is 19.1. The molecule has 1 aliphatic heterocycles. The molecule has 1 N–H and O–H groups in total. The van der Waals surface area contributed by atoms with Gasteiger partial charge in [0.2, 0.25) is 5.95 Å². The van der Waals surface area contributed by atoms with Crippen LogP contribution >= 0.6 is 0 Å². The van der Waals surface area contributed by atoms with Gasteiger partial charge in [-0.1, -0.05) is 43.3 Å². The van der Waals surface area contributed by atoms with Gasteiger partial charge < -0.3 is 19.5 Å². The van der Waals surface area contributed by atoms with Crippen LogP contribution < -0.4 is 14.8 Å². The lowest BCUT2D eigenvalue weighted by molar-refractivity contribution is -0.139. The molecule has 1 aliphatic rings. The highest BCUT2D eigenvalue weighted by molar-refractivity contribution is 5.92. The fourth-order valence-corrected chi connectivity index (χ4v) is 3.83. The molecule has 3 aromatic rings. The molecule has 172 valence electrons. The molecule has 0 spiro atoms.